The van der Waals surface area contributed by atoms with E-state index in [9.17, 15) is 4.79 Å². The molecule has 8 nitrogen and oxygen atoms in total. The van der Waals surface area contributed by atoms with Crippen LogP contribution in [0.25, 0.3) is 5.69 Å². The number of ether oxygens (including phenoxy) is 2. The number of esters is 1. The van der Waals surface area contributed by atoms with Gasteiger partial charge in [-0.15, -0.1) is 11.8 Å². The number of carbonyl (C=O) groups is 1. The number of tetrazole rings is 1. The third kappa shape index (κ3) is 4.02. The Balaban J connectivity index is 1.72. The molecule has 0 spiro atoms. The molecule has 1 unspecified atom stereocenters. The summed E-state index contributed by atoms with van der Waals surface area (Å²) in [6, 6.07) is 7.46. The van der Waals surface area contributed by atoms with Crippen LogP contribution in [0.4, 0.5) is 0 Å². The molecule has 1 aliphatic rings. The van der Waals surface area contributed by atoms with Gasteiger partial charge >= 0.3 is 5.97 Å². The lowest BCUT2D eigenvalue weighted by molar-refractivity contribution is -0.921. The number of carbonyl (C=O) groups excluding carboxylic acids is 1. The number of rotatable bonds is 5. The van der Waals surface area contributed by atoms with Crippen molar-refractivity contribution < 1.29 is 19.2 Å². The second kappa shape index (κ2) is 7.98. The molecule has 0 bridgehead atoms. The van der Waals surface area contributed by atoms with Gasteiger partial charge in [0.15, 0.2) is 11.9 Å². The summed E-state index contributed by atoms with van der Waals surface area (Å²) in [5.74, 6) is 1.49. The Morgan fingerprint density at radius 2 is 2.12 bits per heavy atom. The van der Waals surface area contributed by atoms with Crippen LogP contribution in [0.2, 0.25) is 0 Å². The van der Waals surface area contributed by atoms with Gasteiger partial charge in [-0.2, -0.15) is 9.36 Å². The molecule has 0 aliphatic carbocycles. The van der Waals surface area contributed by atoms with E-state index in [4.69, 9.17) is 21.7 Å². The Bertz CT molecular complexity index is 789. The normalized spacial score (nSPS) is 20.2. The predicted octanol–water partition coefficient (Wildman–Crippen LogP) is -0.0623. The predicted molar refractivity (Wildman–Crippen MR) is 95.7 cm³/mol. The largest absolute Gasteiger partial charge is 0.497 e. The van der Waals surface area contributed by atoms with Crippen molar-refractivity contribution >= 4 is 29.9 Å². The fourth-order valence-corrected chi connectivity index (χ4v) is 4.19. The van der Waals surface area contributed by atoms with Crippen LogP contribution in [-0.4, -0.2) is 64.1 Å². The van der Waals surface area contributed by atoms with Crippen LogP contribution in [0.1, 0.15) is 0 Å². The lowest BCUT2D eigenvalue weighted by Crippen LogP contribution is -3.14. The maximum absolute atomic E-state index is 11.7. The van der Waals surface area contributed by atoms with E-state index in [1.54, 1.807) is 28.2 Å². The summed E-state index contributed by atoms with van der Waals surface area (Å²) in [5, 5.41) is 8.18. The Labute approximate surface area is 154 Å². The molecule has 1 aromatic heterocycles. The van der Waals surface area contributed by atoms with Gasteiger partial charge in [-0.3, -0.25) is 4.79 Å². The zero-order chi connectivity index (χ0) is 17.8. The van der Waals surface area contributed by atoms with Gasteiger partial charge in [0, 0.05) is 5.75 Å². The van der Waals surface area contributed by atoms with Crippen LogP contribution in [0.5, 0.6) is 5.75 Å². The van der Waals surface area contributed by atoms with E-state index in [0.717, 1.165) is 23.7 Å². The first kappa shape index (κ1) is 17.9. The van der Waals surface area contributed by atoms with Crippen LogP contribution in [0, 0.1) is 4.77 Å². The maximum atomic E-state index is 11.7. The van der Waals surface area contributed by atoms with E-state index in [0.29, 0.717) is 18.0 Å². The SMILES string of the molecule is COC(=O)[C@@H]1C[NH+](Cn2nnn(-c3ccc(OC)cc3)c2=S)CCS1. The number of nitrogens with zero attached hydrogens (tertiary/aromatic N) is 4. The molecule has 2 aromatic rings. The fourth-order valence-electron chi connectivity index (χ4n) is 2.67. The van der Waals surface area contributed by atoms with Gasteiger partial charge < -0.3 is 14.4 Å². The smallest absolute Gasteiger partial charge is 0.324 e. The van der Waals surface area contributed by atoms with Crippen molar-refractivity contribution in [1.29, 1.82) is 0 Å². The summed E-state index contributed by atoms with van der Waals surface area (Å²) in [4.78, 5) is 13.0. The molecule has 2 atom stereocenters. The van der Waals surface area contributed by atoms with E-state index in [-0.39, 0.29) is 11.2 Å². The van der Waals surface area contributed by atoms with E-state index >= 15 is 0 Å². The third-order valence-corrected chi connectivity index (χ3v) is 5.63. The minimum Gasteiger partial charge on any atom is -0.497 e. The Hall–Kier alpha value is -1.91. The molecule has 10 heteroatoms. The molecule has 0 amide bonds. The minimum atomic E-state index is -0.173. The maximum Gasteiger partial charge on any atom is 0.324 e. The monoisotopic (exact) mass is 382 g/mol. The third-order valence-electron chi connectivity index (χ3n) is 4.04. The highest BCUT2D eigenvalue weighted by Crippen LogP contribution is 2.14. The van der Waals surface area contributed by atoms with E-state index < -0.39 is 0 Å². The van der Waals surface area contributed by atoms with Crippen molar-refractivity contribution in [3.63, 3.8) is 0 Å². The van der Waals surface area contributed by atoms with Crippen LogP contribution in [-0.2, 0) is 16.2 Å². The number of thioether (sulfide) groups is 1. The number of hydrogen-bond donors (Lipinski definition) is 1. The van der Waals surface area contributed by atoms with Gasteiger partial charge in [0.25, 0.3) is 0 Å². The lowest BCUT2D eigenvalue weighted by atomic mass is 10.3. The van der Waals surface area contributed by atoms with E-state index in [2.05, 4.69) is 10.4 Å². The average molecular weight is 382 g/mol. The van der Waals surface area contributed by atoms with Crippen LogP contribution < -0.4 is 9.64 Å². The van der Waals surface area contributed by atoms with Crippen LogP contribution in [0.3, 0.4) is 0 Å². The molecule has 1 fully saturated rings. The molecule has 25 heavy (non-hydrogen) atoms. The zero-order valence-corrected chi connectivity index (χ0v) is 15.7. The average Bonchev–Trinajstić information content (AvgIpc) is 3.02. The van der Waals surface area contributed by atoms with E-state index in [1.165, 1.54) is 12.0 Å². The summed E-state index contributed by atoms with van der Waals surface area (Å²) in [6.07, 6.45) is 0. The molecule has 0 saturated carbocycles. The van der Waals surface area contributed by atoms with Crippen molar-refractivity contribution in [2.75, 3.05) is 33.1 Å². The van der Waals surface area contributed by atoms with Gasteiger partial charge in [-0.25, -0.2) is 0 Å². The highest BCUT2D eigenvalue weighted by Gasteiger charge is 2.30. The lowest BCUT2D eigenvalue weighted by Gasteiger charge is -2.27. The fraction of sp³-hybridized carbons (Fsp3) is 0.467. The quantitative estimate of drug-likeness (QED) is 0.573. The summed E-state index contributed by atoms with van der Waals surface area (Å²) in [5.41, 5.74) is 0.827. The number of nitrogens with one attached hydrogen (secondary N) is 1. The zero-order valence-electron chi connectivity index (χ0n) is 14.0. The Kier molecular flexibility index (Phi) is 5.71. The van der Waals surface area contributed by atoms with Gasteiger partial charge in [-0.1, -0.05) is 0 Å². The first-order valence-electron chi connectivity index (χ1n) is 7.82. The number of hydrogen-bond acceptors (Lipinski definition) is 7. The number of methoxy groups -OCH3 is 2. The Morgan fingerprint density at radius 1 is 1.36 bits per heavy atom. The Morgan fingerprint density at radius 3 is 2.80 bits per heavy atom. The molecule has 2 heterocycles. The van der Waals surface area contributed by atoms with Gasteiger partial charge in [0.2, 0.25) is 4.77 Å². The number of benzene rings is 1. The second-order valence-electron chi connectivity index (χ2n) is 5.62. The van der Waals surface area contributed by atoms with Gasteiger partial charge in [0.05, 0.1) is 26.5 Å². The topological polar surface area (TPSA) is 75.6 Å². The molecule has 0 radical (unpaired) electrons. The number of aromatic nitrogens is 4. The van der Waals surface area contributed by atoms with Crippen LogP contribution >= 0.6 is 24.0 Å². The van der Waals surface area contributed by atoms with Gasteiger partial charge in [0.1, 0.15) is 12.3 Å². The molecule has 1 saturated heterocycles. The van der Waals surface area contributed by atoms with Crippen molar-refractivity contribution in [1.82, 2.24) is 19.8 Å². The van der Waals surface area contributed by atoms with Crippen molar-refractivity contribution in [2.24, 2.45) is 0 Å². The highest BCUT2D eigenvalue weighted by molar-refractivity contribution is 8.00. The molecule has 1 aromatic carbocycles. The molecule has 3 rings (SSSR count). The first-order chi connectivity index (χ1) is 12.1. The summed E-state index contributed by atoms with van der Waals surface area (Å²) in [6.45, 7) is 2.20. The first-order valence-corrected chi connectivity index (χ1v) is 9.28. The summed E-state index contributed by atoms with van der Waals surface area (Å²) < 4.78 is 13.8. The van der Waals surface area contributed by atoms with Crippen molar-refractivity contribution in [3.8, 4) is 11.4 Å². The van der Waals surface area contributed by atoms with Crippen LogP contribution in [0.15, 0.2) is 24.3 Å². The molecule has 1 aliphatic heterocycles. The summed E-state index contributed by atoms with van der Waals surface area (Å²) >= 11 is 7.14. The standard InChI is InChI=1S/C15H19N5O3S2/c1-22-12-5-3-11(4-6-12)20-15(24)19(16-17-20)10-18-7-8-25-13(9-18)14(21)23-2/h3-6,13H,7-10H2,1-2H3/p+1/t13-/m0/s1. The highest BCUT2D eigenvalue weighted by atomic mass is 32.2. The van der Waals surface area contributed by atoms with E-state index in [1.807, 2.05) is 24.3 Å². The van der Waals surface area contributed by atoms with Gasteiger partial charge in [-0.05, 0) is 46.9 Å². The number of quaternary nitrogens is 1. The molecular formula is C15H20N5O3S2+. The molecule has 1 N–H and O–H groups in total. The second-order valence-corrected chi connectivity index (χ2v) is 7.29. The van der Waals surface area contributed by atoms with Crippen molar-refractivity contribution in [3.05, 3.63) is 29.0 Å². The minimum absolute atomic E-state index is 0.139. The molecular weight excluding hydrogens is 362 g/mol. The van der Waals surface area contributed by atoms with Crippen molar-refractivity contribution in [2.45, 2.75) is 11.9 Å². The summed E-state index contributed by atoms with van der Waals surface area (Å²) in [7, 11) is 3.05. The molecule has 134 valence electrons.